The number of aromatic nitrogens is 4. The fraction of sp³-hybridized carbons (Fsp3) is 0.333. The normalized spacial score (nSPS) is 15.6. The highest BCUT2D eigenvalue weighted by Gasteiger charge is 2.28. The van der Waals surface area contributed by atoms with E-state index >= 15 is 0 Å². The number of hydrogen-bond donors (Lipinski definition) is 1. The third kappa shape index (κ3) is 5.59. The van der Waals surface area contributed by atoms with Crippen molar-refractivity contribution in [2.75, 3.05) is 18.4 Å². The monoisotopic (exact) mass is 564 g/mol. The summed E-state index contributed by atoms with van der Waals surface area (Å²) in [7, 11) is 0. The van der Waals surface area contributed by atoms with Gasteiger partial charge in [-0.2, -0.15) is 0 Å². The Balaban J connectivity index is 1.35. The first-order valence-corrected chi connectivity index (χ1v) is 14.4. The number of rotatable bonds is 5. The highest BCUT2D eigenvalue weighted by molar-refractivity contribution is 5.99. The summed E-state index contributed by atoms with van der Waals surface area (Å²) >= 11 is 0. The molecule has 0 radical (unpaired) electrons. The topological polar surface area (TPSA) is 98.3 Å². The van der Waals surface area contributed by atoms with Gasteiger partial charge in [0.25, 0.3) is 0 Å². The number of benzene rings is 2. The summed E-state index contributed by atoms with van der Waals surface area (Å²) in [6, 6.07) is 16.7. The van der Waals surface area contributed by atoms with Gasteiger partial charge in [-0.25, -0.2) is 14.8 Å². The van der Waals surface area contributed by atoms with E-state index in [9.17, 15) is 4.79 Å². The molecular formula is C33H36N6O3. The number of carbonyl (C=O) groups excluding carboxylic acids is 1. The molecule has 216 valence electrons. The van der Waals surface area contributed by atoms with Gasteiger partial charge in [-0.05, 0) is 76.8 Å². The van der Waals surface area contributed by atoms with Crippen LogP contribution in [0.5, 0.6) is 0 Å². The van der Waals surface area contributed by atoms with E-state index in [1.165, 1.54) is 0 Å². The smallest absolute Gasteiger partial charge is 0.410 e. The molecule has 1 amide bonds. The first-order chi connectivity index (χ1) is 20.2. The Morgan fingerprint density at radius 1 is 1.10 bits per heavy atom. The number of hydrogen-bond acceptors (Lipinski definition) is 7. The van der Waals surface area contributed by atoms with Crippen LogP contribution >= 0.6 is 0 Å². The van der Waals surface area contributed by atoms with Gasteiger partial charge in [0.2, 0.25) is 5.95 Å². The Kier molecular flexibility index (Phi) is 7.18. The number of ether oxygens (including phenoxy) is 1. The molecule has 5 aromatic rings. The fourth-order valence-corrected chi connectivity index (χ4v) is 5.51. The lowest BCUT2D eigenvalue weighted by Crippen LogP contribution is -2.47. The maximum absolute atomic E-state index is 12.7. The molecule has 1 aliphatic rings. The second kappa shape index (κ2) is 11.0. The van der Waals surface area contributed by atoms with Gasteiger partial charge in [-0.3, -0.25) is 0 Å². The van der Waals surface area contributed by atoms with Crippen LogP contribution in [0.4, 0.5) is 10.7 Å². The molecule has 2 aromatic carbocycles. The Bertz CT molecular complexity index is 1730. The number of nitrogens with one attached hydrogen (secondary N) is 1. The number of fused-ring (bicyclic) bond motifs is 1. The average Bonchev–Trinajstić information content (AvgIpc) is 3.57. The van der Waals surface area contributed by atoms with Gasteiger partial charge in [0, 0.05) is 53.7 Å². The van der Waals surface area contributed by atoms with E-state index in [1.54, 1.807) is 11.2 Å². The summed E-state index contributed by atoms with van der Waals surface area (Å²) in [5, 5.41) is 8.64. The molecule has 42 heavy (non-hydrogen) atoms. The summed E-state index contributed by atoms with van der Waals surface area (Å²) in [4.78, 5) is 24.1. The van der Waals surface area contributed by atoms with Crippen LogP contribution in [0.25, 0.3) is 39.0 Å². The van der Waals surface area contributed by atoms with E-state index in [1.807, 2.05) is 59.0 Å². The molecule has 4 heterocycles. The maximum Gasteiger partial charge on any atom is 0.410 e. The number of amides is 1. The highest BCUT2D eigenvalue weighted by Crippen LogP contribution is 2.36. The van der Waals surface area contributed by atoms with E-state index < -0.39 is 5.60 Å². The third-order valence-corrected chi connectivity index (χ3v) is 7.53. The zero-order valence-electron chi connectivity index (χ0n) is 24.7. The summed E-state index contributed by atoms with van der Waals surface area (Å²) < 4.78 is 13.0. The van der Waals surface area contributed by atoms with Crippen molar-refractivity contribution in [2.45, 2.75) is 59.1 Å². The van der Waals surface area contributed by atoms with E-state index in [2.05, 4.69) is 56.6 Å². The van der Waals surface area contributed by atoms with Gasteiger partial charge in [0.05, 0.1) is 16.9 Å². The van der Waals surface area contributed by atoms with Crippen LogP contribution in [0.15, 0.2) is 71.7 Å². The average molecular weight is 565 g/mol. The molecule has 0 aliphatic carbocycles. The zero-order valence-corrected chi connectivity index (χ0v) is 24.7. The molecule has 1 atom stereocenters. The van der Waals surface area contributed by atoms with E-state index in [-0.39, 0.29) is 12.1 Å². The lowest BCUT2D eigenvalue weighted by atomic mass is 10.0. The quantitative estimate of drug-likeness (QED) is 0.242. The maximum atomic E-state index is 12.7. The van der Waals surface area contributed by atoms with Crippen LogP contribution in [0.3, 0.4) is 0 Å². The first-order valence-electron chi connectivity index (χ1n) is 14.4. The lowest BCUT2D eigenvalue weighted by molar-refractivity contribution is 0.0206. The molecule has 1 aliphatic heterocycles. The molecule has 6 rings (SSSR count). The molecule has 9 heteroatoms. The van der Waals surface area contributed by atoms with Crippen molar-refractivity contribution in [1.82, 2.24) is 24.6 Å². The fourth-order valence-electron chi connectivity index (χ4n) is 5.51. The van der Waals surface area contributed by atoms with E-state index in [0.29, 0.717) is 19.0 Å². The van der Waals surface area contributed by atoms with Crippen molar-refractivity contribution >= 4 is 22.9 Å². The SMILES string of the molecule is Cc1cnc(N[C@H]2CCCN(C(=O)OC(C)(C)C)C2)nc1-c1cn(-c2ccccc2)c2cc(-c3conc3C)ccc12. The van der Waals surface area contributed by atoms with Crippen LogP contribution in [0, 0.1) is 13.8 Å². The number of piperidine rings is 1. The van der Waals surface area contributed by atoms with Crippen LogP contribution in [-0.2, 0) is 4.74 Å². The second-order valence-electron chi connectivity index (χ2n) is 11.9. The van der Waals surface area contributed by atoms with Gasteiger partial charge >= 0.3 is 6.09 Å². The van der Waals surface area contributed by atoms with Gasteiger partial charge in [0.1, 0.15) is 11.9 Å². The number of nitrogens with zero attached hydrogens (tertiary/aromatic N) is 5. The van der Waals surface area contributed by atoms with Crippen LogP contribution in [0.1, 0.15) is 44.9 Å². The number of para-hydroxylation sites is 1. The van der Waals surface area contributed by atoms with Gasteiger partial charge in [0.15, 0.2) is 0 Å². The summed E-state index contributed by atoms with van der Waals surface area (Å²) in [5.74, 6) is 0.545. The Morgan fingerprint density at radius 3 is 2.64 bits per heavy atom. The van der Waals surface area contributed by atoms with Crippen molar-refractivity contribution in [3.8, 4) is 28.1 Å². The molecule has 0 spiro atoms. The van der Waals surface area contributed by atoms with Gasteiger partial charge in [-0.1, -0.05) is 35.5 Å². The largest absolute Gasteiger partial charge is 0.444 e. The Labute approximate surface area is 245 Å². The van der Waals surface area contributed by atoms with Gasteiger partial charge < -0.3 is 24.0 Å². The number of aryl methyl sites for hydroxylation is 2. The van der Waals surface area contributed by atoms with E-state index in [4.69, 9.17) is 14.2 Å². The molecule has 1 fully saturated rings. The Morgan fingerprint density at radius 2 is 1.90 bits per heavy atom. The van der Waals surface area contributed by atoms with Crippen LogP contribution in [0.2, 0.25) is 0 Å². The molecule has 1 saturated heterocycles. The zero-order chi connectivity index (χ0) is 29.4. The molecule has 0 unspecified atom stereocenters. The Hall–Kier alpha value is -4.66. The highest BCUT2D eigenvalue weighted by atomic mass is 16.6. The van der Waals surface area contributed by atoms with Crippen molar-refractivity contribution in [1.29, 1.82) is 0 Å². The first kappa shape index (κ1) is 27.5. The minimum absolute atomic E-state index is 0.0295. The van der Waals surface area contributed by atoms with Crippen molar-refractivity contribution < 1.29 is 14.1 Å². The molecule has 3 aromatic heterocycles. The van der Waals surface area contributed by atoms with Gasteiger partial charge in [-0.15, -0.1) is 0 Å². The lowest BCUT2D eigenvalue weighted by Gasteiger charge is -2.34. The molecule has 0 bridgehead atoms. The third-order valence-electron chi connectivity index (χ3n) is 7.53. The molecule has 1 N–H and O–H groups in total. The number of anilines is 1. The minimum Gasteiger partial charge on any atom is -0.444 e. The minimum atomic E-state index is -0.527. The van der Waals surface area contributed by atoms with Crippen molar-refractivity contribution in [2.24, 2.45) is 0 Å². The van der Waals surface area contributed by atoms with Crippen molar-refractivity contribution in [3.63, 3.8) is 0 Å². The van der Waals surface area contributed by atoms with Crippen LogP contribution < -0.4 is 5.32 Å². The predicted octanol–water partition coefficient (Wildman–Crippen LogP) is 7.17. The second-order valence-corrected chi connectivity index (χ2v) is 11.9. The van der Waals surface area contributed by atoms with Crippen molar-refractivity contribution in [3.05, 3.63) is 78.4 Å². The molecule has 0 saturated carbocycles. The summed E-state index contributed by atoms with van der Waals surface area (Å²) in [6.45, 7) is 10.9. The number of carbonyl (C=O) groups is 1. The number of likely N-dealkylation sites (tertiary alicyclic amines) is 1. The summed E-state index contributed by atoms with van der Waals surface area (Å²) in [5.41, 5.74) is 7.30. The predicted molar refractivity (Wildman–Crippen MR) is 164 cm³/mol. The standard InChI is InChI=1S/C33H36N6O3/c1-21-17-34-31(35-24-10-9-15-38(18-24)32(40)42-33(3,4)5)36-30(21)27-19-39(25-11-7-6-8-12-25)29-16-23(13-14-26(27)29)28-20-41-37-22(28)2/h6-8,11-14,16-17,19-20,24H,9-10,15,18H2,1-5H3,(H,34,35,36)/t24-/m0/s1. The molecular weight excluding hydrogens is 528 g/mol. The summed E-state index contributed by atoms with van der Waals surface area (Å²) in [6.07, 6.45) is 7.22. The van der Waals surface area contributed by atoms with Crippen LogP contribution in [-0.4, -0.2) is 55.4 Å². The molecule has 9 nitrogen and oxygen atoms in total. The van der Waals surface area contributed by atoms with E-state index in [0.717, 1.165) is 63.1 Å².